The molecule has 0 atom stereocenters. The fraction of sp³-hybridized carbons (Fsp3) is 0.917. The number of amides is 1. The third-order valence-corrected chi connectivity index (χ3v) is 3.45. The number of nitrogens with one attached hydrogen (secondary N) is 1. The molecule has 1 N–H and O–H groups in total. The Morgan fingerprint density at radius 3 is 2.53 bits per heavy atom. The minimum absolute atomic E-state index is 0.179. The Balaban J connectivity index is 2.01. The quantitative estimate of drug-likeness (QED) is 0.668. The van der Waals surface area contributed by atoms with Gasteiger partial charge in [0.15, 0.2) is 0 Å². The van der Waals surface area contributed by atoms with Crippen LogP contribution in [0.5, 0.6) is 0 Å². The average Bonchev–Trinajstić information content (AvgIpc) is 2.31. The molecule has 3 nitrogen and oxygen atoms in total. The van der Waals surface area contributed by atoms with E-state index in [0.29, 0.717) is 6.42 Å². The van der Waals surface area contributed by atoms with Crippen LogP contribution in [0.15, 0.2) is 0 Å². The number of ether oxygens (including phenoxy) is 1. The predicted octanol–water partition coefficient (Wildman–Crippen LogP) is 2.35. The summed E-state index contributed by atoms with van der Waals surface area (Å²) in [7, 11) is 0. The summed E-state index contributed by atoms with van der Waals surface area (Å²) < 4.78 is 5.93. The highest BCUT2D eigenvalue weighted by atomic mass is 16.5. The summed E-state index contributed by atoms with van der Waals surface area (Å²) in [4.78, 5) is 11.7. The van der Waals surface area contributed by atoms with E-state index in [-0.39, 0.29) is 11.6 Å². The van der Waals surface area contributed by atoms with Gasteiger partial charge in [-0.3, -0.25) is 4.79 Å². The van der Waals surface area contributed by atoms with Crippen LogP contribution in [0.4, 0.5) is 0 Å². The summed E-state index contributed by atoms with van der Waals surface area (Å²) in [6, 6.07) is 0. The van der Waals surface area contributed by atoms with Crippen molar-refractivity contribution in [1.82, 2.24) is 5.32 Å². The van der Waals surface area contributed by atoms with Gasteiger partial charge in [-0.1, -0.05) is 12.8 Å². The first kappa shape index (κ1) is 10.9. The molecule has 1 aliphatic carbocycles. The molecule has 0 aromatic heterocycles. The minimum Gasteiger partial charge on any atom is -0.356 e. The molecule has 2 rings (SSSR count). The highest BCUT2D eigenvalue weighted by Crippen LogP contribution is 2.30. The van der Waals surface area contributed by atoms with Gasteiger partial charge in [0.1, 0.15) is 5.72 Å². The van der Waals surface area contributed by atoms with Crippen LogP contribution in [0.1, 0.15) is 57.8 Å². The Morgan fingerprint density at radius 2 is 1.73 bits per heavy atom. The van der Waals surface area contributed by atoms with Crippen molar-refractivity contribution in [1.29, 1.82) is 0 Å². The second-order valence-electron chi connectivity index (χ2n) is 4.76. The number of hydrogen-bond acceptors (Lipinski definition) is 2. The summed E-state index contributed by atoms with van der Waals surface area (Å²) in [5.41, 5.74) is -0.306. The highest BCUT2D eigenvalue weighted by Gasteiger charge is 2.34. The number of carbonyl (C=O) groups is 1. The van der Waals surface area contributed by atoms with Gasteiger partial charge in [-0.05, 0) is 38.5 Å². The maximum Gasteiger partial charge on any atom is 0.222 e. The summed E-state index contributed by atoms with van der Waals surface area (Å²) in [5.74, 6) is 0.179. The Morgan fingerprint density at radius 1 is 1.00 bits per heavy atom. The summed E-state index contributed by atoms with van der Waals surface area (Å²) >= 11 is 0. The lowest BCUT2D eigenvalue weighted by Crippen LogP contribution is -2.51. The smallest absolute Gasteiger partial charge is 0.222 e. The molecule has 1 spiro atoms. The first-order chi connectivity index (χ1) is 7.31. The van der Waals surface area contributed by atoms with E-state index in [2.05, 4.69) is 5.32 Å². The molecule has 0 aromatic rings. The third kappa shape index (κ3) is 2.94. The fourth-order valence-corrected chi connectivity index (χ4v) is 2.58. The van der Waals surface area contributed by atoms with Crippen molar-refractivity contribution in [2.45, 2.75) is 63.5 Å². The van der Waals surface area contributed by atoms with Crippen molar-refractivity contribution in [2.75, 3.05) is 6.61 Å². The first-order valence-electron chi connectivity index (χ1n) is 6.26. The van der Waals surface area contributed by atoms with Crippen LogP contribution in [0.3, 0.4) is 0 Å². The van der Waals surface area contributed by atoms with E-state index < -0.39 is 0 Å². The lowest BCUT2D eigenvalue weighted by molar-refractivity contribution is -0.138. The van der Waals surface area contributed by atoms with Gasteiger partial charge in [-0.2, -0.15) is 0 Å². The van der Waals surface area contributed by atoms with E-state index in [4.69, 9.17) is 4.74 Å². The Kier molecular flexibility index (Phi) is 3.62. The van der Waals surface area contributed by atoms with Crippen LogP contribution in [0.25, 0.3) is 0 Å². The molecule has 0 radical (unpaired) electrons. The molecule has 2 aliphatic rings. The predicted molar refractivity (Wildman–Crippen MR) is 58.4 cm³/mol. The zero-order valence-corrected chi connectivity index (χ0v) is 9.39. The molecule has 1 saturated heterocycles. The van der Waals surface area contributed by atoms with Crippen molar-refractivity contribution in [3.05, 3.63) is 0 Å². The van der Waals surface area contributed by atoms with Crippen LogP contribution in [-0.2, 0) is 9.53 Å². The fourth-order valence-electron chi connectivity index (χ4n) is 2.58. The van der Waals surface area contributed by atoms with E-state index in [0.717, 1.165) is 38.7 Å². The van der Waals surface area contributed by atoms with E-state index >= 15 is 0 Å². The molecule has 1 amide bonds. The van der Waals surface area contributed by atoms with Crippen molar-refractivity contribution < 1.29 is 9.53 Å². The molecule has 86 valence electrons. The zero-order chi connectivity index (χ0) is 10.6. The van der Waals surface area contributed by atoms with Crippen molar-refractivity contribution >= 4 is 5.91 Å². The van der Waals surface area contributed by atoms with Gasteiger partial charge in [-0.15, -0.1) is 0 Å². The Labute approximate surface area is 91.6 Å². The maximum absolute atomic E-state index is 11.7. The van der Waals surface area contributed by atoms with Gasteiger partial charge < -0.3 is 10.1 Å². The summed E-state index contributed by atoms with van der Waals surface area (Å²) in [5, 5.41) is 3.11. The molecular formula is C12H21NO2. The molecule has 0 aromatic carbocycles. The molecule has 1 heterocycles. The normalized spacial score (nSPS) is 27.6. The second kappa shape index (κ2) is 4.97. The van der Waals surface area contributed by atoms with Gasteiger partial charge in [0.2, 0.25) is 5.91 Å². The average molecular weight is 211 g/mol. The molecule has 0 unspecified atom stereocenters. The van der Waals surface area contributed by atoms with Crippen molar-refractivity contribution in [3.8, 4) is 0 Å². The van der Waals surface area contributed by atoms with Crippen molar-refractivity contribution in [2.24, 2.45) is 0 Å². The lowest BCUT2D eigenvalue weighted by atomic mass is 9.91. The van der Waals surface area contributed by atoms with Crippen LogP contribution >= 0.6 is 0 Å². The molecule has 1 saturated carbocycles. The second-order valence-corrected chi connectivity index (χ2v) is 4.76. The number of hydrogen-bond donors (Lipinski definition) is 1. The van der Waals surface area contributed by atoms with Gasteiger partial charge in [0.05, 0.1) is 0 Å². The van der Waals surface area contributed by atoms with Gasteiger partial charge in [0, 0.05) is 13.0 Å². The van der Waals surface area contributed by atoms with E-state index in [1.54, 1.807) is 0 Å². The van der Waals surface area contributed by atoms with Crippen LogP contribution in [-0.4, -0.2) is 18.2 Å². The third-order valence-electron chi connectivity index (χ3n) is 3.45. The molecule has 1 aliphatic heterocycles. The number of carbonyl (C=O) groups excluding carboxylic acids is 1. The Hall–Kier alpha value is -0.570. The van der Waals surface area contributed by atoms with Gasteiger partial charge in [-0.25, -0.2) is 0 Å². The van der Waals surface area contributed by atoms with Crippen molar-refractivity contribution in [3.63, 3.8) is 0 Å². The van der Waals surface area contributed by atoms with Crippen LogP contribution in [0, 0.1) is 0 Å². The summed E-state index contributed by atoms with van der Waals surface area (Å²) in [6.45, 7) is 0.806. The molecule has 3 heteroatoms. The molecule has 15 heavy (non-hydrogen) atoms. The molecule has 0 bridgehead atoms. The van der Waals surface area contributed by atoms with E-state index in [9.17, 15) is 4.79 Å². The van der Waals surface area contributed by atoms with Gasteiger partial charge >= 0.3 is 0 Å². The lowest BCUT2D eigenvalue weighted by Gasteiger charge is -2.37. The Bertz CT molecular complexity index is 222. The monoisotopic (exact) mass is 211 g/mol. The largest absolute Gasteiger partial charge is 0.356 e. The highest BCUT2D eigenvalue weighted by molar-refractivity contribution is 5.76. The van der Waals surface area contributed by atoms with Crippen LogP contribution < -0.4 is 5.32 Å². The van der Waals surface area contributed by atoms with Crippen LogP contribution in [0.2, 0.25) is 0 Å². The van der Waals surface area contributed by atoms with E-state index in [1.165, 1.54) is 19.3 Å². The topological polar surface area (TPSA) is 38.3 Å². The maximum atomic E-state index is 11.7. The summed E-state index contributed by atoms with van der Waals surface area (Å²) in [6.07, 6.45) is 9.52. The number of rotatable bonds is 0. The molecule has 2 fully saturated rings. The standard InChI is InChI=1S/C12H21NO2/c14-11-7-3-1-6-10-15-12(13-11)8-4-2-5-9-12/h1-10H2,(H,13,14). The SMILES string of the molecule is O=C1CCCCCOC2(CCCCC2)N1. The molecular weight excluding hydrogens is 190 g/mol. The minimum atomic E-state index is -0.306. The van der Waals surface area contributed by atoms with E-state index in [1.807, 2.05) is 0 Å². The first-order valence-corrected chi connectivity index (χ1v) is 6.26. The zero-order valence-electron chi connectivity index (χ0n) is 9.39. The van der Waals surface area contributed by atoms with Gasteiger partial charge in [0.25, 0.3) is 0 Å².